The fourth-order valence-corrected chi connectivity index (χ4v) is 2.79. The summed E-state index contributed by atoms with van der Waals surface area (Å²) in [6.45, 7) is 0. The molecule has 6 heteroatoms. The van der Waals surface area contributed by atoms with E-state index in [4.69, 9.17) is 5.11 Å². The highest BCUT2D eigenvalue weighted by Crippen LogP contribution is 2.30. The minimum atomic E-state index is -0.802. The van der Waals surface area contributed by atoms with Crippen LogP contribution >= 0.6 is 11.8 Å². The minimum absolute atomic E-state index is 0.105. The SMILES string of the molecule is O=C(O)CCc1nc(C2CCSC2)n[nH]1. The lowest BCUT2D eigenvalue weighted by Crippen LogP contribution is -2.00. The van der Waals surface area contributed by atoms with Crippen LogP contribution in [0.25, 0.3) is 0 Å². The monoisotopic (exact) mass is 227 g/mol. The van der Waals surface area contributed by atoms with Gasteiger partial charge in [-0.1, -0.05) is 0 Å². The summed E-state index contributed by atoms with van der Waals surface area (Å²) in [5.74, 6) is 3.43. The van der Waals surface area contributed by atoms with E-state index in [1.54, 1.807) is 0 Å². The molecular formula is C9H13N3O2S. The Balaban J connectivity index is 1.94. The molecule has 1 unspecified atom stereocenters. The normalized spacial score (nSPS) is 20.7. The standard InChI is InChI=1S/C9H13N3O2S/c13-8(14)2-1-7-10-9(12-11-7)6-3-4-15-5-6/h6H,1-5H2,(H,13,14)(H,10,11,12). The maximum Gasteiger partial charge on any atom is 0.303 e. The van der Waals surface area contributed by atoms with Crippen molar-refractivity contribution in [3.05, 3.63) is 11.6 Å². The highest BCUT2D eigenvalue weighted by molar-refractivity contribution is 7.99. The highest BCUT2D eigenvalue weighted by atomic mass is 32.2. The lowest BCUT2D eigenvalue weighted by Gasteiger charge is -1.99. The van der Waals surface area contributed by atoms with Crippen LogP contribution in [0.3, 0.4) is 0 Å². The van der Waals surface area contributed by atoms with Crippen molar-refractivity contribution < 1.29 is 9.90 Å². The van der Waals surface area contributed by atoms with E-state index in [9.17, 15) is 4.79 Å². The van der Waals surface area contributed by atoms with Crippen LogP contribution in [0, 0.1) is 0 Å². The number of carboxylic acid groups (broad SMARTS) is 1. The van der Waals surface area contributed by atoms with E-state index < -0.39 is 5.97 Å². The van der Waals surface area contributed by atoms with Gasteiger partial charge in [0, 0.05) is 18.1 Å². The van der Waals surface area contributed by atoms with E-state index in [-0.39, 0.29) is 6.42 Å². The Morgan fingerprint density at radius 1 is 1.67 bits per heavy atom. The smallest absolute Gasteiger partial charge is 0.303 e. The fraction of sp³-hybridized carbons (Fsp3) is 0.667. The van der Waals surface area contributed by atoms with Gasteiger partial charge in [-0.3, -0.25) is 9.89 Å². The quantitative estimate of drug-likeness (QED) is 0.803. The molecule has 82 valence electrons. The molecule has 0 aliphatic carbocycles. The Labute approximate surface area is 91.7 Å². The maximum atomic E-state index is 10.4. The van der Waals surface area contributed by atoms with Crippen molar-refractivity contribution in [1.29, 1.82) is 0 Å². The Morgan fingerprint density at radius 2 is 2.53 bits per heavy atom. The number of carbonyl (C=O) groups is 1. The summed E-state index contributed by atoms with van der Waals surface area (Å²) in [7, 11) is 0. The molecule has 1 aliphatic heterocycles. The largest absolute Gasteiger partial charge is 0.481 e. The van der Waals surface area contributed by atoms with Gasteiger partial charge in [0.1, 0.15) is 5.82 Å². The zero-order valence-electron chi connectivity index (χ0n) is 8.27. The molecule has 15 heavy (non-hydrogen) atoms. The molecule has 1 fully saturated rings. The summed E-state index contributed by atoms with van der Waals surface area (Å²) in [6.07, 6.45) is 1.66. The molecule has 1 aromatic heterocycles. The molecule has 0 aromatic carbocycles. The number of aromatic amines is 1. The Kier molecular flexibility index (Phi) is 3.25. The summed E-state index contributed by atoms with van der Waals surface area (Å²) in [4.78, 5) is 14.7. The first-order valence-electron chi connectivity index (χ1n) is 4.96. The Hall–Kier alpha value is -1.04. The molecule has 0 spiro atoms. The molecular weight excluding hydrogens is 214 g/mol. The topological polar surface area (TPSA) is 78.9 Å². The van der Waals surface area contributed by atoms with Crippen molar-refractivity contribution in [2.75, 3.05) is 11.5 Å². The number of thioether (sulfide) groups is 1. The van der Waals surface area contributed by atoms with Crippen molar-refractivity contribution in [3.8, 4) is 0 Å². The lowest BCUT2D eigenvalue weighted by atomic mass is 10.1. The maximum absolute atomic E-state index is 10.4. The minimum Gasteiger partial charge on any atom is -0.481 e. The number of carboxylic acids is 1. The predicted molar refractivity (Wildman–Crippen MR) is 57.0 cm³/mol. The van der Waals surface area contributed by atoms with Crippen molar-refractivity contribution in [1.82, 2.24) is 15.2 Å². The van der Waals surface area contributed by atoms with Gasteiger partial charge in [-0.15, -0.1) is 0 Å². The van der Waals surface area contributed by atoms with E-state index >= 15 is 0 Å². The van der Waals surface area contributed by atoms with E-state index in [2.05, 4.69) is 15.2 Å². The van der Waals surface area contributed by atoms with Gasteiger partial charge in [0.05, 0.1) is 6.42 Å². The van der Waals surface area contributed by atoms with Crippen LogP contribution in [0.15, 0.2) is 0 Å². The van der Waals surface area contributed by atoms with Crippen LogP contribution in [-0.4, -0.2) is 37.8 Å². The van der Waals surface area contributed by atoms with Crippen LogP contribution in [-0.2, 0) is 11.2 Å². The van der Waals surface area contributed by atoms with Gasteiger partial charge in [-0.05, 0) is 12.2 Å². The van der Waals surface area contributed by atoms with Crippen molar-refractivity contribution >= 4 is 17.7 Å². The molecule has 2 rings (SSSR count). The molecule has 1 saturated heterocycles. The first-order chi connectivity index (χ1) is 7.25. The number of aryl methyl sites for hydroxylation is 1. The molecule has 0 amide bonds. The van der Waals surface area contributed by atoms with E-state index in [0.29, 0.717) is 18.2 Å². The zero-order valence-corrected chi connectivity index (χ0v) is 9.09. The molecule has 0 saturated carbocycles. The number of hydrogen-bond acceptors (Lipinski definition) is 4. The van der Waals surface area contributed by atoms with E-state index in [1.165, 1.54) is 5.75 Å². The molecule has 2 heterocycles. The number of aromatic nitrogens is 3. The number of hydrogen-bond donors (Lipinski definition) is 2. The average Bonchev–Trinajstić information content (AvgIpc) is 2.85. The van der Waals surface area contributed by atoms with Gasteiger partial charge in [-0.25, -0.2) is 4.98 Å². The van der Waals surface area contributed by atoms with E-state index in [0.717, 1.165) is 18.0 Å². The third-order valence-electron chi connectivity index (χ3n) is 2.42. The zero-order chi connectivity index (χ0) is 10.7. The summed E-state index contributed by atoms with van der Waals surface area (Å²) in [5.41, 5.74) is 0. The number of rotatable bonds is 4. The number of H-pyrrole nitrogens is 1. The first kappa shape index (κ1) is 10.5. The van der Waals surface area contributed by atoms with Crippen LogP contribution in [0.5, 0.6) is 0 Å². The average molecular weight is 227 g/mol. The van der Waals surface area contributed by atoms with Crippen molar-refractivity contribution in [3.63, 3.8) is 0 Å². The van der Waals surface area contributed by atoms with Gasteiger partial charge < -0.3 is 5.11 Å². The second-order valence-corrected chi connectivity index (χ2v) is 4.74. The number of aliphatic carboxylic acids is 1. The molecule has 0 bridgehead atoms. The molecule has 2 N–H and O–H groups in total. The molecule has 5 nitrogen and oxygen atoms in total. The van der Waals surface area contributed by atoms with Gasteiger partial charge >= 0.3 is 5.97 Å². The van der Waals surface area contributed by atoms with Crippen LogP contribution in [0.2, 0.25) is 0 Å². The second-order valence-electron chi connectivity index (χ2n) is 3.59. The van der Waals surface area contributed by atoms with Crippen LogP contribution in [0.1, 0.15) is 30.4 Å². The Bertz CT molecular complexity index is 347. The van der Waals surface area contributed by atoms with Crippen molar-refractivity contribution in [2.45, 2.75) is 25.2 Å². The number of nitrogens with zero attached hydrogens (tertiary/aromatic N) is 2. The van der Waals surface area contributed by atoms with Crippen molar-refractivity contribution in [2.24, 2.45) is 0 Å². The molecule has 0 radical (unpaired) electrons. The van der Waals surface area contributed by atoms with Crippen LogP contribution < -0.4 is 0 Å². The summed E-state index contributed by atoms with van der Waals surface area (Å²) < 4.78 is 0. The summed E-state index contributed by atoms with van der Waals surface area (Å²) >= 11 is 1.92. The summed E-state index contributed by atoms with van der Waals surface area (Å²) in [6, 6.07) is 0. The molecule has 1 atom stereocenters. The Morgan fingerprint density at radius 3 is 3.20 bits per heavy atom. The van der Waals surface area contributed by atoms with Crippen LogP contribution in [0.4, 0.5) is 0 Å². The van der Waals surface area contributed by atoms with Gasteiger partial charge in [0.15, 0.2) is 5.82 Å². The lowest BCUT2D eigenvalue weighted by molar-refractivity contribution is -0.137. The third kappa shape index (κ3) is 2.71. The van der Waals surface area contributed by atoms with Gasteiger partial charge in [0.25, 0.3) is 0 Å². The summed E-state index contributed by atoms with van der Waals surface area (Å²) in [5, 5.41) is 15.5. The van der Waals surface area contributed by atoms with Gasteiger partial charge in [-0.2, -0.15) is 16.9 Å². The number of nitrogens with one attached hydrogen (secondary N) is 1. The molecule has 1 aliphatic rings. The second kappa shape index (κ2) is 4.65. The molecule has 1 aromatic rings. The predicted octanol–water partition coefficient (Wildman–Crippen LogP) is 1.04. The first-order valence-corrected chi connectivity index (χ1v) is 6.12. The fourth-order valence-electron chi connectivity index (χ4n) is 1.57. The van der Waals surface area contributed by atoms with Gasteiger partial charge in [0.2, 0.25) is 0 Å². The highest BCUT2D eigenvalue weighted by Gasteiger charge is 2.21. The third-order valence-corrected chi connectivity index (χ3v) is 3.58. The van der Waals surface area contributed by atoms with E-state index in [1.807, 2.05) is 11.8 Å².